The summed E-state index contributed by atoms with van der Waals surface area (Å²) in [5.41, 5.74) is 1.94. The molecule has 0 atom stereocenters. The molecule has 10 nitrogen and oxygen atoms in total. The number of furan rings is 1. The van der Waals surface area contributed by atoms with Crippen molar-refractivity contribution in [3.63, 3.8) is 0 Å². The fraction of sp³-hybridized carbons (Fsp3) is 0.115. The first-order valence-electron chi connectivity index (χ1n) is 11.4. The second-order valence-electron chi connectivity index (χ2n) is 8.12. The lowest BCUT2D eigenvalue weighted by atomic mass is 10.1. The van der Waals surface area contributed by atoms with Crippen molar-refractivity contribution in [3.05, 3.63) is 96.1 Å². The molecule has 3 heterocycles. The van der Waals surface area contributed by atoms with Crippen LogP contribution in [0.4, 0.5) is 30.8 Å². The van der Waals surface area contributed by atoms with Gasteiger partial charge in [-0.25, -0.2) is 9.78 Å². The molecule has 194 valence electrons. The number of amides is 3. The Morgan fingerprint density at radius 3 is 2.58 bits per heavy atom. The molecule has 0 spiro atoms. The molecule has 12 heteroatoms. The first-order valence-corrected chi connectivity index (χ1v) is 11.4. The van der Waals surface area contributed by atoms with E-state index in [9.17, 15) is 18.4 Å². The van der Waals surface area contributed by atoms with Gasteiger partial charge in [-0.1, -0.05) is 12.1 Å². The Morgan fingerprint density at radius 1 is 0.895 bits per heavy atom. The van der Waals surface area contributed by atoms with Crippen molar-refractivity contribution in [3.8, 4) is 11.5 Å². The zero-order valence-corrected chi connectivity index (χ0v) is 19.7. The highest BCUT2D eigenvalue weighted by Gasteiger charge is 2.43. The van der Waals surface area contributed by atoms with Crippen LogP contribution in [0, 0.1) is 0 Å². The summed E-state index contributed by atoms with van der Waals surface area (Å²) in [6, 6.07) is 17.3. The number of pyridine rings is 1. The second kappa shape index (κ2) is 10.5. The van der Waals surface area contributed by atoms with Gasteiger partial charge in [-0.2, -0.15) is 0 Å². The summed E-state index contributed by atoms with van der Waals surface area (Å²) in [5, 5.41) is 11.2. The molecular formula is C26H21F2N5O5. The number of nitrogens with zero attached hydrogens (tertiary/aromatic N) is 1. The number of urea groups is 1. The molecule has 3 amide bonds. The van der Waals surface area contributed by atoms with Crippen LogP contribution in [0.1, 0.15) is 21.7 Å². The van der Waals surface area contributed by atoms with E-state index in [2.05, 4.69) is 35.7 Å². The smallest absolute Gasteiger partial charge is 0.467 e. The molecule has 0 unspecified atom stereocenters. The average Bonchev–Trinajstić information content (AvgIpc) is 3.52. The topological polar surface area (TPSA) is 127 Å². The molecular weight excluding hydrogens is 500 g/mol. The van der Waals surface area contributed by atoms with Gasteiger partial charge in [-0.3, -0.25) is 10.1 Å². The Bertz CT molecular complexity index is 1460. The number of hydrogen-bond donors (Lipinski definition) is 4. The number of alkyl halides is 2. The minimum absolute atomic E-state index is 0.115. The third-order valence-electron chi connectivity index (χ3n) is 5.38. The first-order chi connectivity index (χ1) is 18.3. The van der Waals surface area contributed by atoms with Crippen LogP contribution in [0.2, 0.25) is 0 Å². The van der Waals surface area contributed by atoms with Crippen LogP contribution in [0.25, 0.3) is 0 Å². The molecule has 0 aliphatic carbocycles. The van der Waals surface area contributed by atoms with Gasteiger partial charge in [0, 0.05) is 30.2 Å². The Hall–Kier alpha value is -5.13. The number of ether oxygens (including phenoxy) is 2. The summed E-state index contributed by atoms with van der Waals surface area (Å²) in [5.74, 6) is 0.228. The fourth-order valence-corrected chi connectivity index (χ4v) is 3.65. The molecule has 38 heavy (non-hydrogen) atoms. The number of halogens is 2. The number of hydrogen-bond acceptors (Lipinski definition) is 7. The predicted octanol–water partition coefficient (Wildman–Crippen LogP) is 5.18. The van der Waals surface area contributed by atoms with Crippen LogP contribution < -0.4 is 30.7 Å². The van der Waals surface area contributed by atoms with E-state index in [1.165, 1.54) is 24.5 Å². The van der Waals surface area contributed by atoms with E-state index in [0.717, 1.165) is 5.56 Å². The van der Waals surface area contributed by atoms with E-state index < -0.39 is 18.2 Å². The maximum Gasteiger partial charge on any atom is 0.586 e. The molecule has 2 aromatic carbocycles. The van der Waals surface area contributed by atoms with Crippen molar-refractivity contribution in [1.82, 2.24) is 10.3 Å². The minimum Gasteiger partial charge on any atom is -0.467 e. The Labute approximate surface area is 215 Å². The third kappa shape index (κ3) is 5.98. The molecule has 0 bridgehead atoms. The zero-order valence-electron chi connectivity index (χ0n) is 19.7. The number of rotatable bonds is 8. The average molecular weight is 521 g/mol. The lowest BCUT2D eigenvalue weighted by molar-refractivity contribution is -0.286. The highest BCUT2D eigenvalue weighted by molar-refractivity contribution is 6.08. The molecule has 0 saturated heterocycles. The summed E-state index contributed by atoms with van der Waals surface area (Å²) >= 11 is 0. The van der Waals surface area contributed by atoms with E-state index in [-0.39, 0.29) is 23.7 Å². The Balaban J connectivity index is 1.20. The van der Waals surface area contributed by atoms with Gasteiger partial charge in [0.1, 0.15) is 11.6 Å². The summed E-state index contributed by atoms with van der Waals surface area (Å²) in [6.07, 6.45) is -0.663. The van der Waals surface area contributed by atoms with Crippen LogP contribution in [0.3, 0.4) is 0 Å². The van der Waals surface area contributed by atoms with Crippen molar-refractivity contribution >= 4 is 29.1 Å². The van der Waals surface area contributed by atoms with Crippen molar-refractivity contribution < 1.29 is 32.3 Å². The maximum atomic E-state index is 13.3. The van der Waals surface area contributed by atoms with Gasteiger partial charge in [0.15, 0.2) is 11.5 Å². The molecule has 0 saturated carbocycles. The van der Waals surface area contributed by atoms with Gasteiger partial charge in [0.25, 0.3) is 5.91 Å². The normalized spacial score (nSPS) is 13.0. The summed E-state index contributed by atoms with van der Waals surface area (Å²) in [4.78, 5) is 29.3. The molecule has 5 rings (SSSR count). The van der Waals surface area contributed by atoms with E-state index in [1.807, 2.05) is 0 Å². The quantitative estimate of drug-likeness (QED) is 0.252. The van der Waals surface area contributed by atoms with E-state index in [1.54, 1.807) is 54.7 Å². The van der Waals surface area contributed by atoms with Gasteiger partial charge >= 0.3 is 12.3 Å². The molecule has 1 aliphatic heterocycles. The number of anilines is 3. The molecule has 0 radical (unpaired) electrons. The zero-order chi connectivity index (χ0) is 26.5. The molecule has 4 aromatic rings. The number of para-hydroxylation sites is 1. The number of aromatic nitrogens is 1. The SMILES string of the molecule is O=C(NCc1ccco1)Nc1cc(CNc2ccccc2C(=O)Nc2ccc3c(c2)OC(F)(F)O3)ccn1. The number of carbonyl (C=O) groups excluding carboxylic acids is 2. The Kier molecular flexibility index (Phi) is 6.76. The summed E-state index contributed by atoms with van der Waals surface area (Å²) in [7, 11) is 0. The van der Waals surface area contributed by atoms with Crippen molar-refractivity contribution in [1.29, 1.82) is 0 Å². The lowest BCUT2D eigenvalue weighted by Gasteiger charge is -2.13. The van der Waals surface area contributed by atoms with Crippen molar-refractivity contribution in [2.75, 3.05) is 16.0 Å². The first kappa shape index (κ1) is 24.6. The van der Waals surface area contributed by atoms with Gasteiger partial charge in [-0.15, -0.1) is 8.78 Å². The van der Waals surface area contributed by atoms with E-state index in [0.29, 0.717) is 29.4 Å². The monoisotopic (exact) mass is 521 g/mol. The van der Waals surface area contributed by atoms with Gasteiger partial charge in [-0.05, 0) is 54.1 Å². The standard InChI is InChI=1S/C26H21F2N5O5/c27-26(28)37-21-8-7-17(13-22(21)38-26)32-24(34)19-5-1-2-6-20(19)30-14-16-9-10-29-23(12-16)33-25(35)31-15-18-4-3-11-36-18/h1-13,30H,14-15H2,(H,32,34)(H2,29,31,33,35). The van der Waals surface area contributed by atoms with Crippen LogP contribution >= 0.6 is 0 Å². The molecule has 2 aromatic heterocycles. The molecule has 4 N–H and O–H groups in total. The fourth-order valence-electron chi connectivity index (χ4n) is 3.65. The predicted molar refractivity (Wildman–Crippen MR) is 133 cm³/mol. The second-order valence-corrected chi connectivity index (χ2v) is 8.12. The Morgan fingerprint density at radius 2 is 1.74 bits per heavy atom. The maximum absolute atomic E-state index is 13.3. The van der Waals surface area contributed by atoms with Gasteiger partial charge in [0.2, 0.25) is 0 Å². The van der Waals surface area contributed by atoms with Gasteiger partial charge < -0.3 is 29.8 Å². The van der Waals surface area contributed by atoms with Crippen molar-refractivity contribution in [2.24, 2.45) is 0 Å². The van der Waals surface area contributed by atoms with Crippen LogP contribution in [0.15, 0.2) is 83.6 Å². The summed E-state index contributed by atoms with van der Waals surface area (Å²) in [6.45, 7) is 0.562. The number of benzene rings is 2. The molecule has 0 fully saturated rings. The number of nitrogens with one attached hydrogen (secondary N) is 4. The number of fused-ring (bicyclic) bond motifs is 1. The third-order valence-corrected chi connectivity index (χ3v) is 5.38. The van der Waals surface area contributed by atoms with Crippen LogP contribution in [-0.4, -0.2) is 23.2 Å². The van der Waals surface area contributed by atoms with E-state index in [4.69, 9.17) is 4.42 Å². The van der Waals surface area contributed by atoms with Crippen LogP contribution in [-0.2, 0) is 13.1 Å². The highest BCUT2D eigenvalue weighted by Crippen LogP contribution is 2.42. The number of carbonyl (C=O) groups is 2. The lowest BCUT2D eigenvalue weighted by Crippen LogP contribution is -2.28. The van der Waals surface area contributed by atoms with Crippen molar-refractivity contribution in [2.45, 2.75) is 19.4 Å². The highest BCUT2D eigenvalue weighted by atomic mass is 19.3. The van der Waals surface area contributed by atoms with E-state index >= 15 is 0 Å². The van der Waals surface area contributed by atoms with Gasteiger partial charge in [0.05, 0.1) is 18.4 Å². The molecule has 1 aliphatic rings. The van der Waals surface area contributed by atoms with Crippen LogP contribution in [0.5, 0.6) is 11.5 Å². The summed E-state index contributed by atoms with van der Waals surface area (Å²) < 4.78 is 40.5. The minimum atomic E-state index is -3.74. The largest absolute Gasteiger partial charge is 0.586 e.